The van der Waals surface area contributed by atoms with Crippen LogP contribution in [0, 0.1) is 5.82 Å². The van der Waals surface area contributed by atoms with E-state index in [2.05, 4.69) is 4.90 Å². The minimum atomic E-state index is -3.27. The Hall–Kier alpha value is -2.45. The molecule has 160 valence electrons. The van der Waals surface area contributed by atoms with Gasteiger partial charge in [0.1, 0.15) is 5.82 Å². The molecular weight excluding hydrogens is 405 g/mol. The van der Waals surface area contributed by atoms with E-state index < -0.39 is 10.0 Å². The van der Waals surface area contributed by atoms with Gasteiger partial charge in [0.2, 0.25) is 10.0 Å². The van der Waals surface area contributed by atoms with E-state index in [9.17, 15) is 17.6 Å². The molecule has 0 saturated carbocycles. The van der Waals surface area contributed by atoms with Gasteiger partial charge in [-0.05, 0) is 48.7 Å². The molecule has 0 unspecified atom stereocenters. The molecule has 0 aromatic heterocycles. The third-order valence-corrected chi connectivity index (χ3v) is 7.55. The van der Waals surface area contributed by atoms with Crippen molar-refractivity contribution in [3.8, 4) is 0 Å². The minimum Gasteiger partial charge on any atom is -0.337 e. The first kappa shape index (κ1) is 20.8. The van der Waals surface area contributed by atoms with Crippen LogP contribution in [0.5, 0.6) is 0 Å². The van der Waals surface area contributed by atoms with Crippen molar-refractivity contribution in [2.45, 2.75) is 19.4 Å². The minimum absolute atomic E-state index is 0.0722. The average molecular weight is 432 g/mol. The zero-order valence-electron chi connectivity index (χ0n) is 16.8. The second kappa shape index (κ2) is 8.73. The molecule has 4 rings (SSSR count). The quantitative estimate of drug-likeness (QED) is 0.747. The maximum atomic E-state index is 13.1. The van der Waals surface area contributed by atoms with Crippen molar-refractivity contribution in [1.82, 2.24) is 9.80 Å². The topological polar surface area (TPSA) is 60.9 Å². The van der Waals surface area contributed by atoms with Crippen LogP contribution in [0.25, 0.3) is 0 Å². The molecule has 2 heterocycles. The fourth-order valence-corrected chi connectivity index (χ4v) is 5.64. The van der Waals surface area contributed by atoms with Crippen molar-refractivity contribution < 1.29 is 17.6 Å². The fourth-order valence-electron chi connectivity index (χ4n) is 4.09. The van der Waals surface area contributed by atoms with Gasteiger partial charge in [-0.15, -0.1) is 0 Å². The van der Waals surface area contributed by atoms with Gasteiger partial charge < -0.3 is 4.90 Å². The highest BCUT2D eigenvalue weighted by Gasteiger charge is 2.29. The van der Waals surface area contributed by atoms with E-state index in [1.165, 1.54) is 16.4 Å². The third kappa shape index (κ3) is 4.65. The number of anilines is 1. The van der Waals surface area contributed by atoms with E-state index in [0.29, 0.717) is 37.3 Å². The van der Waals surface area contributed by atoms with E-state index in [1.54, 1.807) is 36.4 Å². The number of carbonyl (C=O) groups excluding carboxylic acids is 1. The van der Waals surface area contributed by atoms with Crippen LogP contribution in [0.3, 0.4) is 0 Å². The molecule has 0 atom stereocenters. The van der Waals surface area contributed by atoms with E-state index in [-0.39, 0.29) is 17.5 Å². The Morgan fingerprint density at radius 1 is 0.933 bits per heavy atom. The number of amides is 1. The van der Waals surface area contributed by atoms with E-state index >= 15 is 0 Å². The zero-order chi connectivity index (χ0) is 21.1. The van der Waals surface area contributed by atoms with Crippen molar-refractivity contribution in [2.24, 2.45) is 0 Å². The molecule has 0 bridgehead atoms. The number of carbonyl (C=O) groups is 1. The average Bonchev–Trinajstić information content (AvgIpc) is 2.94. The Bertz CT molecular complexity index is 1010. The molecule has 2 saturated heterocycles. The summed E-state index contributed by atoms with van der Waals surface area (Å²) >= 11 is 0. The predicted octanol–water partition coefficient (Wildman–Crippen LogP) is 2.71. The van der Waals surface area contributed by atoms with Crippen LogP contribution in [-0.4, -0.2) is 62.6 Å². The van der Waals surface area contributed by atoms with Gasteiger partial charge in [-0.1, -0.05) is 18.2 Å². The van der Waals surface area contributed by atoms with E-state index in [0.717, 1.165) is 31.6 Å². The Balaban J connectivity index is 1.41. The molecule has 2 aliphatic rings. The molecule has 0 radical (unpaired) electrons. The fraction of sp³-hybridized carbons (Fsp3) is 0.409. The van der Waals surface area contributed by atoms with Crippen LogP contribution in [0.4, 0.5) is 10.1 Å². The van der Waals surface area contributed by atoms with Crippen LogP contribution in [0.2, 0.25) is 0 Å². The summed E-state index contributed by atoms with van der Waals surface area (Å²) in [6, 6.07) is 13.4. The van der Waals surface area contributed by atoms with Gasteiger partial charge in [0.15, 0.2) is 0 Å². The first-order chi connectivity index (χ1) is 14.4. The summed E-state index contributed by atoms with van der Waals surface area (Å²) in [5.74, 6) is -0.159. The highest BCUT2D eigenvalue weighted by Crippen LogP contribution is 2.25. The lowest BCUT2D eigenvalue weighted by molar-refractivity contribution is 0.0761. The summed E-state index contributed by atoms with van der Waals surface area (Å²) in [5, 5.41) is 0. The monoisotopic (exact) mass is 431 g/mol. The van der Waals surface area contributed by atoms with Gasteiger partial charge in [0.25, 0.3) is 5.91 Å². The van der Waals surface area contributed by atoms with E-state index in [1.807, 2.05) is 4.90 Å². The Labute approximate surface area is 176 Å². The molecule has 2 aliphatic heterocycles. The number of halogens is 1. The molecule has 2 aromatic rings. The third-order valence-electron chi connectivity index (χ3n) is 5.68. The maximum absolute atomic E-state index is 13.1. The van der Waals surface area contributed by atoms with Gasteiger partial charge in [0.05, 0.1) is 11.4 Å². The number of rotatable bonds is 4. The first-order valence-electron chi connectivity index (χ1n) is 10.3. The number of sulfonamides is 1. The maximum Gasteiger partial charge on any atom is 0.253 e. The Morgan fingerprint density at radius 3 is 2.47 bits per heavy atom. The van der Waals surface area contributed by atoms with E-state index in [4.69, 9.17) is 0 Å². The molecule has 6 nitrogen and oxygen atoms in total. The van der Waals surface area contributed by atoms with Crippen molar-refractivity contribution in [2.75, 3.05) is 42.8 Å². The molecule has 8 heteroatoms. The lowest BCUT2D eigenvalue weighted by Crippen LogP contribution is -2.35. The molecule has 0 N–H and O–H groups in total. The zero-order valence-corrected chi connectivity index (χ0v) is 17.7. The lowest BCUT2D eigenvalue weighted by atomic mass is 10.1. The summed E-state index contributed by atoms with van der Waals surface area (Å²) in [6.07, 6.45) is 1.46. The van der Waals surface area contributed by atoms with Crippen molar-refractivity contribution in [1.29, 1.82) is 0 Å². The number of benzene rings is 2. The predicted molar refractivity (Wildman–Crippen MR) is 114 cm³/mol. The van der Waals surface area contributed by atoms with Crippen LogP contribution in [0.15, 0.2) is 48.5 Å². The standard InChI is InChI=1S/C22H26FN3O3S/c23-20-8-6-18(7-9-20)17-24-10-2-11-25(14-13-24)22(27)19-4-1-5-21(16-19)26-12-3-15-30(26,28)29/h1,4-9,16H,2-3,10-15,17H2. The SMILES string of the molecule is O=C(c1cccc(N2CCCS2(=O)=O)c1)N1CCCN(Cc2ccc(F)cc2)CC1. The first-order valence-corrected chi connectivity index (χ1v) is 11.9. The second-order valence-corrected chi connectivity index (χ2v) is 9.85. The number of hydrogen-bond acceptors (Lipinski definition) is 4. The summed E-state index contributed by atoms with van der Waals surface area (Å²) < 4.78 is 38.9. The Kier molecular flexibility index (Phi) is 6.06. The van der Waals surface area contributed by atoms with Crippen molar-refractivity contribution in [3.05, 3.63) is 65.5 Å². The van der Waals surface area contributed by atoms with Gasteiger partial charge >= 0.3 is 0 Å². The highest BCUT2D eigenvalue weighted by molar-refractivity contribution is 7.93. The summed E-state index contributed by atoms with van der Waals surface area (Å²) in [4.78, 5) is 17.2. The summed E-state index contributed by atoms with van der Waals surface area (Å²) in [7, 11) is -3.27. The van der Waals surface area contributed by atoms with Crippen molar-refractivity contribution in [3.63, 3.8) is 0 Å². The Morgan fingerprint density at radius 2 is 1.73 bits per heavy atom. The van der Waals surface area contributed by atoms with Crippen molar-refractivity contribution >= 4 is 21.6 Å². The molecular formula is C22H26FN3O3S. The van der Waals surface area contributed by atoms with Gasteiger partial charge in [-0.2, -0.15) is 0 Å². The summed E-state index contributed by atoms with van der Waals surface area (Å²) in [6.45, 7) is 4.06. The van der Waals surface area contributed by atoms with Gasteiger partial charge in [-0.25, -0.2) is 12.8 Å². The smallest absolute Gasteiger partial charge is 0.253 e. The van der Waals surface area contributed by atoms with Crippen LogP contribution in [0.1, 0.15) is 28.8 Å². The lowest BCUT2D eigenvalue weighted by Gasteiger charge is -2.23. The molecule has 1 amide bonds. The molecule has 2 aromatic carbocycles. The van der Waals surface area contributed by atoms with Gasteiger partial charge in [0, 0.05) is 44.8 Å². The molecule has 30 heavy (non-hydrogen) atoms. The largest absolute Gasteiger partial charge is 0.337 e. The van der Waals surface area contributed by atoms with Crippen LogP contribution in [-0.2, 0) is 16.6 Å². The molecule has 0 aliphatic carbocycles. The normalized spacial score (nSPS) is 19.6. The second-order valence-electron chi connectivity index (χ2n) is 7.84. The number of nitrogens with zero attached hydrogens (tertiary/aromatic N) is 3. The van der Waals surface area contributed by atoms with Gasteiger partial charge in [-0.3, -0.25) is 14.0 Å². The highest BCUT2D eigenvalue weighted by atomic mass is 32.2. The van der Waals surface area contributed by atoms with Crippen LogP contribution >= 0.6 is 0 Å². The summed E-state index contributed by atoms with van der Waals surface area (Å²) in [5.41, 5.74) is 2.13. The molecule has 2 fully saturated rings. The number of hydrogen-bond donors (Lipinski definition) is 0. The van der Waals surface area contributed by atoms with Crippen LogP contribution < -0.4 is 4.31 Å². The molecule has 0 spiro atoms.